The largest absolute Gasteiger partial charge is 0.310 e. The van der Waals surface area contributed by atoms with Crippen LogP contribution in [0.3, 0.4) is 0 Å². The molecule has 2 rings (SSSR count). The van der Waals surface area contributed by atoms with E-state index in [1.54, 1.807) is 11.3 Å². The summed E-state index contributed by atoms with van der Waals surface area (Å²) in [7, 11) is 0. The number of likely N-dealkylation sites (N-methyl/N-ethyl adjacent to an activating group) is 1. The van der Waals surface area contributed by atoms with Gasteiger partial charge in [0.1, 0.15) is 0 Å². The molecule has 0 fully saturated rings. The van der Waals surface area contributed by atoms with Gasteiger partial charge in [-0.3, -0.25) is 0 Å². The van der Waals surface area contributed by atoms with Crippen molar-refractivity contribution in [1.82, 2.24) is 5.32 Å². The van der Waals surface area contributed by atoms with Gasteiger partial charge in [-0.15, -0.1) is 11.3 Å². The second kappa shape index (κ2) is 6.89. The van der Waals surface area contributed by atoms with Crippen molar-refractivity contribution in [2.45, 2.75) is 26.3 Å². The van der Waals surface area contributed by atoms with Gasteiger partial charge in [-0.25, -0.2) is 0 Å². The molecule has 1 aromatic carbocycles. The zero-order valence-corrected chi connectivity index (χ0v) is 14.2. The van der Waals surface area contributed by atoms with E-state index in [4.69, 9.17) is 11.6 Å². The highest BCUT2D eigenvalue weighted by molar-refractivity contribution is 9.10. The summed E-state index contributed by atoms with van der Waals surface area (Å²) in [5, 5.41) is 6.48. The lowest BCUT2D eigenvalue weighted by molar-refractivity contribution is 0.553. The van der Waals surface area contributed by atoms with Crippen LogP contribution < -0.4 is 5.32 Å². The molecule has 2 aromatic rings. The molecule has 0 aliphatic carbocycles. The third-order valence-corrected chi connectivity index (χ3v) is 5.34. The van der Waals surface area contributed by atoms with Crippen LogP contribution in [-0.2, 0) is 6.42 Å². The Bertz CT molecular complexity index is 553. The van der Waals surface area contributed by atoms with Gasteiger partial charge in [0, 0.05) is 26.8 Å². The van der Waals surface area contributed by atoms with E-state index in [0.29, 0.717) is 0 Å². The molecule has 1 heterocycles. The second-order valence-electron chi connectivity index (χ2n) is 4.53. The van der Waals surface area contributed by atoms with Crippen LogP contribution in [0.4, 0.5) is 0 Å². The Labute approximate surface area is 132 Å². The Kier molecular flexibility index (Phi) is 5.46. The molecule has 102 valence electrons. The van der Waals surface area contributed by atoms with Gasteiger partial charge < -0.3 is 5.32 Å². The number of hydrogen-bond acceptors (Lipinski definition) is 2. The van der Waals surface area contributed by atoms with E-state index in [2.05, 4.69) is 58.7 Å². The summed E-state index contributed by atoms with van der Waals surface area (Å²) in [6.07, 6.45) is 0.953. The van der Waals surface area contributed by atoms with E-state index >= 15 is 0 Å². The Balaban J connectivity index is 2.27. The molecule has 1 aromatic heterocycles. The number of thiophene rings is 1. The monoisotopic (exact) mass is 357 g/mol. The van der Waals surface area contributed by atoms with Crippen LogP contribution in [0.15, 0.2) is 34.1 Å². The van der Waals surface area contributed by atoms with E-state index in [1.807, 2.05) is 6.07 Å². The van der Waals surface area contributed by atoms with Crippen LogP contribution in [0.5, 0.6) is 0 Å². The van der Waals surface area contributed by atoms with Gasteiger partial charge >= 0.3 is 0 Å². The van der Waals surface area contributed by atoms with Gasteiger partial charge in [0.15, 0.2) is 0 Å². The molecule has 1 N–H and O–H groups in total. The first kappa shape index (κ1) is 15.0. The highest BCUT2D eigenvalue weighted by Crippen LogP contribution is 2.31. The molecule has 0 amide bonds. The highest BCUT2D eigenvalue weighted by Gasteiger charge is 2.16. The number of nitrogens with one attached hydrogen (secondary N) is 1. The average molecular weight is 359 g/mol. The Hall–Kier alpha value is -0.350. The van der Waals surface area contributed by atoms with Crippen LogP contribution in [0, 0.1) is 6.92 Å². The van der Waals surface area contributed by atoms with Crippen molar-refractivity contribution < 1.29 is 0 Å². The predicted molar refractivity (Wildman–Crippen MR) is 88.3 cm³/mol. The fourth-order valence-electron chi connectivity index (χ4n) is 2.11. The van der Waals surface area contributed by atoms with Crippen LogP contribution >= 0.6 is 38.9 Å². The smallest absolute Gasteiger partial charge is 0.0456 e. The minimum absolute atomic E-state index is 0.257. The molecule has 0 aliphatic heterocycles. The summed E-state index contributed by atoms with van der Waals surface area (Å²) in [6.45, 7) is 5.12. The second-order valence-corrected chi connectivity index (χ2v) is 6.79. The molecular weight excluding hydrogens is 342 g/mol. The van der Waals surface area contributed by atoms with Gasteiger partial charge in [-0.05, 0) is 58.0 Å². The normalized spacial score (nSPS) is 12.6. The van der Waals surface area contributed by atoms with E-state index < -0.39 is 0 Å². The molecule has 0 radical (unpaired) electrons. The molecule has 0 saturated carbocycles. The Morgan fingerprint density at radius 1 is 1.37 bits per heavy atom. The third-order valence-electron chi connectivity index (χ3n) is 3.06. The molecule has 19 heavy (non-hydrogen) atoms. The molecule has 0 bridgehead atoms. The topological polar surface area (TPSA) is 12.0 Å². The summed E-state index contributed by atoms with van der Waals surface area (Å²) in [5.74, 6) is 0. The molecule has 1 unspecified atom stereocenters. The predicted octanol–water partition coefficient (Wildman–Crippen LogP) is 5.37. The van der Waals surface area contributed by atoms with Gasteiger partial charge in [-0.2, -0.15) is 0 Å². The highest BCUT2D eigenvalue weighted by atomic mass is 79.9. The van der Waals surface area contributed by atoms with Crippen molar-refractivity contribution >= 4 is 38.9 Å². The fraction of sp³-hybridized carbons (Fsp3) is 0.333. The first-order chi connectivity index (χ1) is 9.11. The standard InChI is InChI=1S/C15H17BrClNS/c1-3-18-14(9-15-12(16)6-7-19-15)11-5-4-10(2)8-13(11)17/h4-8,14,18H,3,9H2,1-2H3. The van der Waals surface area contributed by atoms with Crippen LogP contribution in [0.2, 0.25) is 5.02 Å². The number of halogens is 2. The van der Waals surface area contributed by atoms with Crippen LogP contribution in [0.25, 0.3) is 0 Å². The summed E-state index contributed by atoms with van der Waals surface area (Å²) in [5.41, 5.74) is 2.37. The number of aryl methyl sites for hydroxylation is 1. The lowest BCUT2D eigenvalue weighted by Crippen LogP contribution is -2.23. The summed E-state index contributed by atoms with van der Waals surface area (Å²) >= 11 is 11.8. The fourth-order valence-corrected chi connectivity index (χ4v) is 4.04. The van der Waals surface area contributed by atoms with Crippen molar-refractivity contribution in [3.63, 3.8) is 0 Å². The zero-order chi connectivity index (χ0) is 13.8. The van der Waals surface area contributed by atoms with E-state index in [0.717, 1.165) is 18.0 Å². The molecule has 0 aliphatic rings. The van der Waals surface area contributed by atoms with Gasteiger partial charge in [0.2, 0.25) is 0 Å². The van der Waals surface area contributed by atoms with Crippen molar-refractivity contribution in [3.8, 4) is 0 Å². The maximum atomic E-state index is 6.39. The van der Waals surface area contributed by atoms with Crippen LogP contribution in [-0.4, -0.2) is 6.54 Å². The molecular formula is C15H17BrClNS. The SMILES string of the molecule is CCNC(Cc1sccc1Br)c1ccc(C)cc1Cl. The van der Waals surface area contributed by atoms with E-state index in [-0.39, 0.29) is 6.04 Å². The number of rotatable bonds is 5. The van der Waals surface area contributed by atoms with Crippen LogP contribution in [0.1, 0.15) is 29.0 Å². The third kappa shape index (κ3) is 3.82. The average Bonchev–Trinajstić information content (AvgIpc) is 2.75. The maximum absolute atomic E-state index is 6.39. The lowest BCUT2D eigenvalue weighted by atomic mass is 10.0. The zero-order valence-electron chi connectivity index (χ0n) is 11.0. The molecule has 1 nitrogen and oxygen atoms in total. The quantitative estimate of drug-likeness (QED) is 0.758. The van der Waals surface area contributed by atoms with Crippen molar-refractivity contribution in [1.29, 1.82) is 0 Å². The summed E-state index contributed by atoms with van der Waals surface area (Å²) < 4.78 is 1.18. The first-order valence-corrected chi connectivity index (χ1v) is 8.38. The van der Waals surface area contributed by atoms with Crippen molar-refractivity contribution in [3.05, 3.63) is 55.1 Å². The van der Waals surface area contributed by atoms with Gasteiger partial charge in [0.05, 0.1) is 0 Å². The van der Waals surface area contributed by atoms with Crippen molar-refractivity contribution in [2.24, 2.45) is 0 Å². The number of hydrogen-bond donors (Lipinski definition) is 1. The summed E-state index contributed by atoms with van der Waals surface area (Å²) in [6, 6.07) is 8.64. The number of benzene rings is 1. The van der Waals surface area contributed by atoms with Crippen molar-refractivity contribution in [2.75, 3.05) is 6.54 Å². The van der Waals surface area contributed by atoms with E-state index in [1.165, 1.54) is 20.5 Å². The molecule has 4 heteroatoms. The van der Waals surface area contributed by atoms with Gasteiger partial charge in [-0.1, -0.05) is 30.7 Å². The minimum Gasteiger partial charge on any atom is -0.310 e. The minimum atomic E-state index is 0.257. The Morgan fingerprint density at radius 3 is 2.74 bits per heavy atom. The summed E-state index contributed by atoms with van der Waals surface area (Å²) in [4.78, 5) is 1.35. The lowest BCUT2D eigenvalue weighted by Gasteiger charge is -2.19. The Morgan fingerprint density at radius 2 is 2.16 bits per heavy atom. The molecule has 0 spiro atoms. The first-order valence-electron chi connectivity index (χ1n) is 6.33. The maximum Gasteiger partial charge on any atom is 0.0456 e. The molecule has 1 atom stereocenters. The van der Waals surface area contributed by atoms with E-state index in [9.17, 15) is 0 Å². The molecule has 0 saturated heterocycles. The van der Waals surface area contributed by atoms with Gasteiger partial charge in [0.25, 0.3) is 0 Å².